The number of anilines is 1. The Morgan fingerprint density at radius 1 is 1.17 bits per heavy atom. The summed E-state index contributed by atoms with van der Waals surface area (Å²) in [6, 6.07) is 9.42. The summed E-state index contributed by atoms with van der Waals surface area (Å²) in [7, 11) is 0. The topological polar surface area (TPSA) is 35.6 Å². The van der Waals surface area contributed by atoms with E-state index in [1.165, 1.54) is 5.56 Å². The molecular formula is C17H20ClN3OS. The summed E-state index contributed by atoms with van der Waals surface area (Å²) in [5.41, 5.74) is 2.13. The highest BCUT2D eigenvalue weighted by Gasteiger charge is 2.19. The molecule has 1 saturated heterocycles. The van der Waals surface area contributed by atoms with Crippen molar-refractivity contribution in [2.75, 3.05) is 38.0 Å². The van der Waals surface area contributed by atoms with Crippen LogP contribution in [-0.2, 0) is 11.3 Å². The molecule has 0 atom stereocenters. The first-order chi connectivity index (χ1) is 11.2. The zero-order valence-electron chi connectivity index (χ0n) is 12.9. The molecule has 1 fully saturated rings. The van der Waals surface area contributed by atoms with Gasteiger partial charge in [0.1, 0.15) is 0 Å². The van der Waals surface area contributed by atoms with Gasteiger partial charge in [0.05, 0.1) is 6.54 Å². The molecule has 3 rings (SSSR count). The Hall–Kier alpha value is -1.40. The number of piperazine rings is 1. The van der Waals surface area contributed by atoms with E-state index in [1.807, 2.05) is 12.1 Å². The number of hydrogen-bond donors (Lipinski definition) is 1. The van der Waals surface area contributed by atoms with E-state index in [0.29, 0.717) is 11.6 Å². The average molecular weight is 350 g/mol. The molecule has 4 nitrogen and oxygen atoms in total. The number of benzene rings is 1. The van der Waals surface area contributed by atoms with Crippen molar-refractivity contribution in [3.63, 3.8) is 0 Å². The van der Waals surface area contributed by atoms with Gasteiger partial charge in [-0.05, 0) is 40.6 Å². The van der Waals surface area contributed by atoms with E-state index in [2.05, 4.69) is 31.9 Å². The molecule has 0 aliphatic carbocycles. The van der Waals surface area contributed by atoms with Gasteiger partial charge in [0.2, 0.25) is 5.91 Å². The number of carbonyl (C=O) groups excluding carboxylic acids is 1. The quantitative estimate of drug-likeness (QED) is 0.900. The minimum atomic E-state index is 0.0125. The number of carbonyl (C=O) groups is 1. The molecule has 1 aliphatic heterocycles. The number of hydrogen-bond acceptors (Lipinski definition) is 4. The molecule has 0 radical (unpaired) electrons. The van der Waals surface area contributed by atoms with Crippen molar-refractivity contribution in [2.24, 2.45) is 0 Å². The first-order valence-corrected chi connectivity index (χ1v) is 9.02. The molecule has 0 spiro atoms. The Morgan fingerprint density at radius 2 is 1.96 bits per heavy atom. The average Bonchev–Trinajstić information content (AvgIpc) is 3.02. The molecule has 0 bridgehead atoms. The van der Waals surface area contributed by atoms with E-state index in [1.54, 1.807) is 23.5 Å². The maximum Gasteiger partial charge on any atom is 0.238 e. The standard InChI is InChI=1S/C17H20ClN3OS/c18-15-2-1-3-16(10-15)19-17(22)12-21-7-5-20(6-8-21)11-14-4-9-23-13-14/h1-4,9-10,13H,5-8,11-12H2,(H,19,22). The zero-order valence-corrected chi connectivity index (χ0v) is 14.4. The third kappa shape index (κ3) is 5.04. The van der Waals surface area contributed by atoms with E-state index in [-0.39, 0.29) is 5.91 Å². The lowest BCUT2D eigenvalue weighted by Crippen LogP contribution is -2.48. The number of rotatable bonds is 5. The summed E-state index contributed by atoms with van der Waals surface area (Å²) in [5.74, 6) is 0.0125. The Kier molecular flexibility index (Phi) is 5.67. The van der Waals surface area contributed by atoms with Crippen molar-refractivity contribution in [1.82, 2.24) is 9.80 Å². The van der Waals surface area contributed by atoms with Gasteiger partial charge in [-0.1, -0.05) is 17.7 Å². The lowest BCUT2D eigenvalue weighted by molar-refractivity contribution is -0.117. The largest absolute Gasteiger partial charge is 0.325 e. The van der Waals surface area contributed by atoms with Crippen LogP contribution in [0.25, 0.3) is 0 Å². The highest BCUT2D eigenvalue weighted by atomic mass is 35.5. The van der Waals surface area contributed by atoms with Crippen LogP contribution in [0.2, 0.25) is 5.02 Å². The van der Waals surface area contributed by atoms with Crippen LogP contribution < -0.4 is 5.32 Å². The Bertz CT molecular complexity index is 639. The van der Waals surface area contributed by atoms with Crippen LogP contribution in [0.4, 0.5) is 5.69 Å². The van der Waals surface area contributed by atoms with Gasteiger partial charge in [-0.3, -0.25) is 14.6 Å². The predicted molar refractivity (Wildman–Crippen MR) is 96.1 cm³/mol. The fourth-order valence-corrected chi connectivity index (χ4v) is 3.57. The summed E-state index contributed by atoms with van der Waals surface area (Å²) in [5, 5.41) is 7.85. The maximum atomic E-state index is 12.1. The minimum absolute atomic E-state index is 0.0125. The van der Waals surface area contributed by atoms with E-state index in [0.717, 1.165) is 38.4 Å². The van der Waals surface area contributed by atoms with Crippen molar-refractivity contribution < 1.29 is 4.79 Å². The predicted octanol–water partition coefficient (Wildman–Crippen LogP) is 3.16. The lowest BCUT2D eigenvalue weighted by atomic mass is 10.2. The smallest absolute Gasteiger partial charge is 0.238 e. The van der Waals surface area contributed by atoms with Crippen molar-refractivity contribution in [2.45, 2.75) is 6.54 Å². The number of halogens is 1. The van der Waals surface area contributed by atoms with Crippen molar-refractivity contribution in [1.29, 1.82) is 0 Å². The van der Waals surface area contributed by atoms with Crippen molar-refractivity contribution in [3.8, 4) is 0 Å². The number of nitrogens with one attached hydrogen (secondary N) is 1. The maximum absolute atomic E-state index is 12.1. The molecule has 1 amide bonds. The van der Waals surface area contributed by atoms with Gasteiger partial charge in [-0.25, -0.2) is 0 Å². The normalized spacial score (nSPS) is 16.4. The number of amides is 1. The third-order valence-electron chi connectivity index (χ3n) is 3.93. The fraction of sp³-hybridized carbons (Fsp3) is 0.353. The van der Waals surface area contributed by atoms with E-state index < -0.39 is 0 Å². The molecule has 1 aromatic carbocycles. The summed E-state index contributed by atoms with van der Waals surface area (Å²) in [6.07, 6.45) is 0. The Balaban J connectivity index is 1.42. The van der Waals surface area contributed by atoms with Gasteiger partial charge in [0, 0.05) is 43.4 Å². The summed E-state index contributed by atoms with van der Waals surface area (Å²) < 4.78 is 0. The Labute approximate surface area is 145 Å². The number of thiophene rings is 1. The van der Waals surface area contributed by atoms with Crippen LogP contribution in [0.5, 0.6) is 0 Å². The van der Waals surface area contributed by atoms with E-state index in [9.17, 15) is 4.79 Å². The molecule has 2 heterocycles. The van der Waals surface area contributed by atoms with E-state index >= 15 is 0 Å². The molecule has 1 aromatic heterocycles. The zero-order chi connectivity index (χ0) is 16.1. The van der Waals surface area contributed by atoms with Crippen molar-refractivity contribution in [3.05, 3.63) is 51.7 Å². The second-order valence-electron chi connectivity index (χ2n) is 5.74. The molecule has 23 heavy (non-hydrogen) atoms. The molecule has 122 valence electrons. The molecule has 1 N–H and O–H groups in total. The highest BCUT2D eigenvalue weighted by Crippen LogP contribution is 2.15. The molecule has 0 unspecified atom stereocenters. The van der Waals surface area contributed by atoms with Gasteiger partial charge >= 0.3 is 0 Å². The van der Waals surface area contributed by atoms with Gasteiger partial charge < -0.3 is 5.32 Å². The molecule has 2 aromatic rings. The van der Waals surface area contributed by atoms with Crippen LogP contribution in [-0.4, -0.2) is 48.4 Å². The first kappa shape index (κ1) is 16.5. The minimum Gasteiger partial charge on any atom is -0.325 e. The lowest BCUT2D eigenvalue weighted by Gasteiger charge is -2.34. The summed E-state index contributed by atoms with van der Waals surface area (Å²) in [4.78, 5) is 16.8. The van der Waals surface area contributed by atoms with Crippen molar-refractivity contribution >= 4 is 34.5 Å². The van der Waals surface area contributed by atoms with Crippen LogP contribution in [0.1, 0.15) is 5.56 Å². The van der Waals surface area contributed by atoms with Gasteiger partial charge in [-0.15, -0.1) is 0 Å². The summed E-state index contributed by atoms with van der Waals surface area (Å²) >= 11 is 7.67. The molecule has 0 saturated carbocycles. The van der Waals surface area contributed by atoms with Crippen LogP contribution >= 0.6 is 22.9 Å². The highest BCUT2D eigenvalue weighted by molar-refractivity contribution is 7.07. The fourth-order valence-electron chi connectivity index (χ4n) is 2.72. The second kappa shape index (κ2) is 7.93. The van der Waals surface area contributed by atoms with Crippen LogP contribution in [0, 0.1) is 0 Å². The second-order valence-corrected chi connectivity index (χ2v) is 6.96. The van der Waals surface area contributed by atoms with Gasteiger partial charge in [0.25, 0.3) is 0 Å². The van der Waals surface area contributed by atoms with Crippen LogP contribution in [0.3, 0.4) is 0 Å². The van der Waals surface area contributed by atoms with E-state index in [4.69, 9.17) is 11.6 Å². The van der Waals surface area contributed by atoms with Gasteiger partial charge in [0.15, 0.2) is 0 Å². The third-order valence-corrected chi connectivity index (χ3v) is 4.89. The first-order valence-electron chi connectivity index (χ1n) is 7.70. The molecule has 1 aliphatic rings. The van der Waals surface area contributed by atoms with Gasteiger partial charge in [-0.2, -0.15) is 11.3 Å². The monoisotopic (exact) mass is 349 g/mol. The molecule has 6 heteroatoms. The Morgan fingerprint density at radius 3 is 2.65 bits per heavy atom. The summed E-state index contributed by atoms with van der Waals surface area (Å²) in [6.45, 7) is 5.28. The van der Waals surface area contributed by atoms with Crippen LogP contribution in [0.15, 0.2) is 41.1 Å². The molecular weight excluding hydrogens is 330 g/mol. The number of nitrogens with zero attached hydrogens (tertiary/aromatic N) is 2. The SMILES string of the molecule is O=C(CN1CCN(Cc2ccsc2)CC1)Nc1cccc(Cl)c1.